The van der Waals surface area contributed by atoms with E-state index in [0.29, 0.717) is 6.54 Å². The Hall–Kier alpha value is -3.74. The molecule has 33 heavy (non-hydrogen) atoms. The number of imidazole rings is 1. The number of nitrogens with zero attached hydrogens (tertiary/aromatic N) is 6. The molecule has 0 radical (unpaired) electrons. The van der Waals surface area contributed by atoms with Crippen molar-refractivity contribution in [2.24, 2.45) is 0 Å². The van der Waals surface area contributed by atoms with Gasteiger partial charge in [-0.05, 0) is 46.9 Å². The number of aryl methyl sites for hydroxylation is 2. The Morgan fingerprint density at radius 2 is 1.88 bits per heavy atom. The van der Waals surface area contributed by atoms with E-state index >= 15 is 0 Å². The zero-order valence-corrected chi connectivity index (χ0v) is 19.1. The van der Waals surface area contributed by atoms with Crippen LogP contribution < -0.4 is 5.69 Å². The van der Waals surface area contributed by atoms with Gasteiger partial charge in [0.15, 0.2) is 0 Å². The molecular weight excluding hydrogens is 412 g/mol. The van der Waals surface area contributed by atoms with Crippen LogP contribution in [-0.4, -0.2) is 29.3 Å². The van der Waals surface area contributed by atoms with Crippen LogP contribution in [0.1, 0.15) is 43.9 Å². The molecule has 0 aliphatic carbocycles. The van der Waals surface area contributed by atoms with Gasteiger partial charge in [0.1, 0.15) is 6.33 Å². The molecular formula is C26H30N6O. The summed E-state index contributed by atoms with van der Waals surface area (Å²) in [5.41, 5.74) is 5.25. The molecule has 2 aromatic heterocycles. The van der Waals surface area contributed by atoms with Gasteiger partial charge < -0.3 is 0 Å². The summed E-state index contributed by atoms with van der Waals surface area (Å²) in [4.78, 5) is 13.1. The lowest BCUT2D eigenvalue weighted by molar-refractivity contribution is 0.573. The number of tetrazole rings is 1. The second-order valence-electron chi connectivity index (χ2n) is 8.19. The van der Waals surface area contributed by atoms with E-state index in [-0.39, 0.29) is 5.69 Å². The zero-order chi connectivity index (χ0) is 23.0. The maximum atomic E-state index is 13.1. The first-order valence-electron chi connectivity index (χ1n) is 11.5. The quantitative estimate of drug-likeness (QED) is 0.250. The highest BCUT2D eigenvalue weighted by atomic mass is 16.1. The van der Waals surface area contributed by atoms with Crippen molar-refractivity contribution < 1.29 is 0 Å². The van der Waals surface area contributed by atoms with Gasteiger partial charge in [-0.3, -0.25) is 9.13 Å². The zero-order valence-electron chi connectivity index (χ0n) is 19.1. The molecule has 2 aromatic carbocycles. The van der Waals surface area contributed by atoms with Crippen LogP contribution in [0.4, 0.5) is 0 Å². The molecule has 0 spiro atoms. The van der Waals surface area contributed by atoms with Crippen LogP contribution in [0.15, 0.2) is 78.5 Å². The highest BCUT2D eigenvalue weighted by Gasteiger charge is 2.12. The average Bonchev–Trinajstić information content (AvgIpc) is 3.48. The van der Waals surface area contributed by atoms with Crippen LogP contribution in [-0.2, 0) is 19.5 Å². The minimum absolute atomic E-state index is 0.0678. The number of hydrogen-bond acceptors (Lipinski definition) is 4. The molecule has 4 aromatic rings. The van der Waals surface area contributed by atoms with Crippen molar-refractivity contribution in [1.29, 1.82) is 0 Å². The monoisotopic (exact) mass is 442 g/mol. The second kappa shape index (κ2) is 10.7. The molecule has 7 heteroatoms. The van der Waals surface area contributed by atoms with Crippen LogP contribution in [0.2, 0.25) is 0 Å². The van der Waals surface area contributed by atoms with Gasteiger partial charge in [0.2, 0.25) is 0 Å². The van der Waals surface area contributed by atoms with Gasteiger partial charge >= 0.3 is 5.69 Å². The highest BCUT2D eigenvalue weighted by molar-refractivity contribution is 5.72. The first-order chi connectivity index (χ1) is 16.2. The molecule has 7 nitrogen and oxygen atoms in total. The summed E-state index contributed by atoms with van der Waals surface area (Å²) in [6, 6.07) is 16.4. The molecule has 0 unspecified atom stereocenters. The van der Waals surface area contributed by atoms with Crippen molar-refractivity contribution in [3.63, 3.8) is 0 Å². The Balaban J connectivity index is 1.59. The fraction of sp³-hybridized carbons (Fsp3) is 0.308. The van der Waals surface area contributed by atoms with Crippen molar-refractivity contribution in [3.8, 4) is 16.8 Å². The summed E-state index contributed by atoms with van der Waals surface area (Å²) in [7, 11) is 0. The predicted octanol–water partition coefficient (Wildman–Crippen LogP) is 4.65. The minimum Gasteiger partial charge on any atom is -0.299 e. The SMILES string of the molecule is C=CCCc1cn(CCCCC)c(=O)n1Cc1ccc(-c2ccccc2-n2cnnn2)cc1. The van der Waals surface area contributed by atoms with Gasteiger partial charge in [-0.1, -0.05) is 68.3 Å². The molecule has 170 valence electrons. The molecule has 0 aliphatic rings. The third-order valence-electron chi connectivity index (χ3n) is 5.84. The molecule has 0 bridgehead atoms. The Labute approximate surface area is 194 Å². The maximum Gasteiger partial charge on any atom is 0.328 e. The Morgan fingerprint density at radius 3 is 2.61 bits per heavy atom. The molecule has 0 saturated carbocycles. The predicted molar refractivity (Wildman–Crippen MR) is 130 cm³/mol. The summed E-state index contributed by atoms with van der Waals surface area (Å²) in [6.07, 6.45) is 10.5. The lowest BCUT2D eigenvalue weighted by Gasteiger charge is -2.11. The van der Waals surface area contributed by atoms with Gasteiger partial charge in [0.25, 0.3) is 0 Å². The maximum absolute atomic E-state index is 13.1. The highest BCUT2D eigenvalue weighted by Crippen LogP contribution is 2.26. The average molecular weight is 443 g/mol. The molecule has 0 saturated heterocycles. The van der Waals surface area contributed by atoms with Crippen LogP contribution in [0.3, 0.4) is 0 Å². The summed E-state index contributed by atoms with van der Waals surface area (Å²) in [5, 5.41) is 11.5. The van der Waals surface area contributed by atoms with E-state index in [1.807, 2.05) is 39.6 Å². The lowest BCUT2D eigenvalue weighted by Crippen LogP contribution is -2.25. The molecule has 0 aliphatic heterocycles. The van der Waals surface area contributed by atoms with E-state index in [4.69, 9.17) is 0 Å². The topological polar surface area (TPSA) is 70.5 Å². The minimum atomic E-state index is 0.0678. The number of unbranched alkanes of at least 4 members (excludes halogenated alkanes) is 2. The Morgan fingerprint density at radius 1 is 1.06 bits per heavy atom. The number of allylic oxidation sites excluding steroid dienone is 1. The normalized spacial score (nSPS) is 11.1. The van der Waals surface area contributed by atoms with Crippen molar-refractivity contribution >= 4 is 0 Å². The van der Waals surface area contributed by atoms with Gasteiger partial charge in [-0.2, -0.15) is 4.68 Å². The molecule has 4 rings (SSSR count). The van der Waals surface area contributed by atoms with Gasteiger partial charge in [-0.25, -0.2) is 4.79 Å². The Bertz CT molecular complexity index is 1230. The van der Waals surface area contributed by atoms with E-state index in [0.717, 1.165) is 66.7 Å². The van der Waals surface area contributed by atoms with Crippen LogP contribution in [0.25, 0.3) is 16.8 Å². The van der Waals surface area contributed by atoms with E-state index in [1.54, 1.807) is 11.0 Å². The second-order valence-corrected chi connectivity index (χ2v) is 8.19. The fourth-order valence-corrected chi connectivity index (χ4v) is 4.06. The first-order valence-corrected chi connectivity index (χ1v) is 11.5. The number of hydrogen-bond donors (Lipinski definition) is 0. The first kappa shape index (κ1) is 22.5. The number of rotatable bonds is 11. The molecule has 0 amide bonds. The summed E-state index contributed by atoms with van der Waals surface area (Å²) >= 11 is 0. The fourth-order valence-electron chi connectivity index (χ4n) is 4.06. The number of aromatic nitrogens is 6. The summed E-state index contributed by atoms with van der Waals surface area (Å²) in [5.74, 6) is 0. The van der Waals surface area contributed by atoms with Crippen molar-refractivity contribution in [2.45, 2.75) is 52.1 Å². The summed E-state index contributed by atoms with van der Waals surface area (Å²) < 4.78 is 5.43. The van der Waals surface area contributed by atoms with Gasteiger partial charge in [0, 0.05) is 24.0 Å². The molecule has 2 heterocycles. The third kappa shape index (κ3) is 5.19. The molecule has 0 fully saturated rings. The van der Waals surface area contributed by atoms with Crippen molar-refractivity contribution in [3.05, 3.63) is 95.5 Å². The third-order valence-corrected chi connectivity index (χ3v) is 5.84. The van der Waals surface area contributed by atoms with E-state index < -0.39 is 0 Å². The van der Waals surface area contributed by atoms with Crippen LogP contribution >= 0.6 is 0 Å². The van der Waals surface area contributed by atoms with E-state index in [1.165, 1.54) is 0 Å². The van der Waals surface area contributed by atoms with Crippen molar-refractivity contribution in [1.82, 2.24) is 29.3 Å². The standard InChI is InChI=1S/C26H30N6O/c1-3-5-9-17-30-19-23(10-6-4-2)31(26(30)33)18-21-13-15-22(16-14-21)24-11-7-8-12-25(24)32-20-27-28-29-32/h4,7-8,11-16,19-20H,2-3,5-6,9-10,17-18H2,1H3. The Kier molecular flexibility index (Phi) is 7.29. The van der Waals surface area contributed by atoms with Gasteiger partial charge in [-0.15, -0.1) is 11.7 Å². The molecule has 0 atom stereocenters. The number of benzene rings is 2. The van der Waals surface area contributed by atoms with E-state index in [2.05, 4.69) is 59.4 Å². The van der Waals surface area contributed by atoms with Crippen LogP contribution in [0.5, 0.6) is 0 Å². The smallest absolute Gasteiger partial charge is 0.299 e. The van der Waals surface area contributed by atoms with Crippen LogP contribution in [0, 0.1) is 0 Å². The largest absolute Gasteiger partial charge is 0.328 e. The van der Waals surface area contributed by atoms with Crippen molar-refractivity contribution in [2.75, 3.05) is 0 Å². The van der Waals surface area contributed by atoms with Gasteiger partial charge in [0.05, 0.1) is 12.2 Å². The van der Waals surface area contributed by atoms with E-state index in [9.17, 15) is 4.79 Å². The molecule has 0 N–H and O–H groups in total. The lowest BCUT2D eigenvalue weighted by atomic mass is 10.0. The number of para-hydroxylation sites is 1. The summed E-state index contributed by atoms with van der Waals surface area (Å²) in [6.45, 7) is 7.34.